The van der Waals surface area contributed by atoms with Crippen molar-refractivity contribution in [2.24, 2.45) is 29.6 Å². The molecule has 0 heterocycles. The SMILES string of the molecule is C=C1CC(CNC(=O)[C@H]2[C@@H](C(=O)[O-])[C@H]3C=C[C@@H]2C3)C1.[Na+]. The summed E-state index contributed by atoms with van der Waals surface area (Å²) in [5.74, 6) is -1.77. The standard InChI is InChI=1S/C15H19NO3.Na/c1-8-4-9(5-8)7-16-14(17)12-10-2-3-11(6-10)13(12)15(18)19;/h2-3,9-13H,1,4-7H2,(H,16,17)(H,18,19);/q;+1/p-1/t10-,11+,12-,13+;/m1./s1. The predicted octanol–water partition coefficient (Wildman–Crippen LogP) is -2.74. The fraction of sp³-hybridized carbons (Fsp3) is 0.600. The van der Waals surface area contributed by atoms with E-state index in [1.54, 1.807) is 0 Å². The second-order valence-corrected chi connectivity index (χ2v) is 6.09. The van der Waals surface area contributed by atoms with Crippen molar-refractivity contribution in [2.45, 2.75) is 19.3 Å². The summed E-state index contributed by atoms with van der Waals surface area (Å²) in [4.78, 5) is 23.4. The molecule has 2 saturated carbocycles. The van der Waals surface area contributed by atoms with Gasteiger partial charge in [-0.25, -0.2) is 0 Å². The fourth-order valence-electron chi connectivity index (χ4n) is 3.76. The maximum absolute atomic E-state index is 12.2. The van der Waals surface area contributed by atoms with Crippen LogP contribution in [0.1, 0.15) is 19.3 Å². The maximum Gasteiger partial charge on any atom is 1.00 e. The molecular formula is C15H18NNaO3. The van der Waals surface area contributed by atoms with Crippen molar-refractivity contribution < 1.29 is 44.3 Å². The molecule has 4 nitrogen and oxygen atoms in total. The molecule has 0 saturated heterocycles. The van der Waals surface area contributed by atoms with Crippen LogP contribution < -0.4 is 40.0 Å². The van der Waals surface area contributed by atoms with Gasteiger partial charge in [0, 0.05) is 18.4 Å². The van der Waals surface area contributed by atoms with E-state index >= 15 is 0 Å². The topological polar surface area (TPSA) is 69.2 Å². The number of carbonyl (C=O) groups excluding carboxylic acids is 2. The van der Waals surface area contributed by atoms with E-state index in [-0.39, 0.29) is 47.3 Å². The molecule has 20 heavy (non-hydrogen) atoms. The Hall–Kier alpha value is -0.580. The number of fused-ring (bicyclic) bond motifs is 2. The van der Waals surface area contributed by atoms with Gasteiger partial charge in [0.15, 0.2) is 0 Å². The van der Waals surface area contributed by atoms with Gasteiger partial charge in [0.05, 0.1) is 5.92 Å². The largest absolute Gasteiger partial charge is 1.00 e. The van der Waals surface area contributed by atoms with Gasteiger partial charge in [0.1, 0.15) is 0 Å². The Morgan fingerprint density at radius 1 is 1.25 bits per heavy atom. The first kappa shape index (κ1) is 15.8. The molecule has 0 aromatic rings. The summed E-state index contributed by atoms with van der Waals surface area (Å²) in [6.45, 7) is 4.51. The quantitative estimate of drug-likeness (QED) is 0.450. The molecule has 3 rings (SSSR count). The van der Waals surface area contributed by atoms with Crippen LogP contribution in [0.15, 0.2) is 24.3 Å². The number of rotatable bonds is 4. The minimum Gasteiger partial charge on any atom is -0.550 e. The number of carbonyl (C=O) groups is 2. The Labute approximate surface area is 141 Å². The number of carboxylic acid groups (broad SMARTS) is 1. The third-order valence-corrected chi connectivity index (χ3v) is 4.75. The van der Waals surface area contributed by atoms with Gasteiger partial charge in [0.25, 0.3) is 0 Å². The van der Waals surface area contributed by atoms with Crippen LogP contribution >= 0.6 is 0 Å². The van der Waals surface area contributed by atoms with Crippen LogP contribution in [0.3, 0.4) is 0 Å². The number of amides is 1. The Morgan fingerprint density at radius 2 is 1.85 bits per heavy atom. The Morgan fingerprint density at radius 3 is 2.40 bits per heavy atom. The molecule has 0 radical (unpaired) electrons. The second kappa shape index (κ2) is 6.04. The molecule has 1 N–H and O–H groups in total. The van der Waals surface area contributed by atoms with E-state index in [4.69, 9.17) is 0 Å². The summed E-state index contributed by atoms with van der Waals surface area (Å²) in [5.41, 5.74) is 1.23. The molecule has 102 valence electrons. The van der Waals surface area contributed by atoms with E-state index in [9.17, 15) is 14.7 Å². The Bertz CT molecular complexity index is 466. The molecule has 0 spiro atoms. The number of nitrogens with one attached hydrogen (secondary N) is 1. The minimum absolute atomic E-state index is 0. The van der Waals surface area contributed by atoms with Gasteiger partial charge in [-0.2, -0.15) is 0 Å². The van der Waals surface area contributed by atoms with Crippen molar-refractivity contribution in [2.75, 3.05) is 6.54 Å². The smallest absolute Gasteiger partial charge is 0.550 e. The van der Waals surface area contributed by atoms with Crippen molar-refractivity contribution in [3.63, 3.8) is 0 Å². The van der Waals surface area contributed by atoms with E-state index in [0.29, 0.717) is 12.5 Å². The predicted molar refractivity (Wildman–Crippen MR) is 67.6 cm³/mol. The van der Waals surface area contributed by atoms with Crippen LogP contribution in [0, 0.1) is 29.6 Å². The van der Waals surface area contributed by atoms with E-state index in [1.807, 2.05) is 12.2 Å². The van der Waals surface area contributed by atoms with Gasteiger partial charge in [-0.15, -0.1) is 0 Å². The molecule has 3 aliphatic carbocycles. The monoisotopic (exact) mass is 283 g/mol. The van der Waals surface area contributed by atoms with E-state index in [2.05, 4.69) is 11.9 Å². The molecule has 0 unspecified atom stereocenters. The average molecular weight is 283 g/mol. The van der Waals surface area contributed by atoms with Crippen molar-refractivity contribution in [1.82, 2.24) is 5.32 Å². The van der Waals surface area contributed by atoms with Gasteiger partial charge >= 0.3 is 29.6 Å². The third kappa shape index (κ3) is 2.74. The summed E-state index contributed by atoms with van der Waals surface area (Å²) >= 11 is 0. The summed E-state index contributed by atoms with van der Waals surface area (Å²) < 4.78 is 0. The van der Waals surface area contributed by atoms with Crippen LogP contribution in [-0.2, 0) is 9.59 Å². The van der Waals surface area contributed by atoms with E-state index in [0.717, 1.165) is 19.3 Å². The third-order valence-electron chi connectivity index (χ3n) is 4.75. The maximum atomic E-state index is 12.2. The number of hydrogen-bond donors (Lipinski definition) is 1. The molecule has 2 bridgehead atoms. The molecule has 4 atom stereocenters. The zero-order valence-electron chi connectivity index (χ0n) is 11.8. The van der Waals surface area contributed by atoms with Gasteiger partial charge in [-0.05, 0) is 37.0 Å². The number of carboxylic acids is 1. The van der Waals surface area contributed by atoms with Crippen LogP contribution in [-0.4, -0.2) is 18.4 Å². The van der Waals surface area contributed by atoms with Gasteiger partial charge in [-0.1, -0.05) is 24.3 Å². The van der Waals surface area contributed by atoms with Gasteiger partial charge in [0.2, 0.25) is 5.91 Å². The normalized spacial score (nSPS) is 34.5. The van der Waals surface area contributed by atoms with Crippen molar-refractivity contribution >= 4 is 11.9 Å². The summed E-state index contributed by atoms with van der Waals surface area (Å²) in [6.07, 6.45) is 6.63. The van der Waals surface area contributed by atoms with Gasteiger partial charge in [-0.3, -0.25) is 4.79 Å². The van der Waals surface area contributed by atoms with Crippen LogP contribution in [0.25, 0.3) is 0 Å². The van der Waals surface area contributed by atoms with E-state index in [1.165, 1.54) is 5.57 Å². The first-order chi connectivity index (χ1) is 9.06. The molecular weight excluding hydrogens is 265 g/mol. The fourth-order valence-corrected chi connectivity index (χ4v) is 3.76. The second-order valence-electron chi connectivity index (χ2n) is 6.09. The molecule has 3 aliphatic rings. The number of hydrogen-bond acceptors (Lipinski definition) is 3. The van der Waals surface area contributed by atoms with Crippen molar-refractivity contribution in [3.8, 4) is 0 Å². The van der Waals surface area contributed by atoms with Crippen molar-refractivity contribution in [3.05, 3.63) is 24.3 Å². The molecule has 5 heteroatoms. The first-order valence-electron chi connectivity index (χ1n) is 6.90. The van der Waals surface area contributed by atoms with Crippen LogP contribution in [0.4, 0.5) is 0 Å². The zero-order chi connectivity index (χ0) is 13.6. The molecule has 0 aromatic carbocycles. The molecule has 2 fully saturated rings. The minimum atomic E-state index is -1.09. The number of aliphatic carboxylic acids is 1. The van der Waals surface area contributed by atoms with Crippen LogP contribution in [0.5, 0.6) is 0 Å². The summed E-state index contributed by atoms with van der Waals surface area (Å²) in [5, 5.41) is 14.1. The van der Waals surface area contributed by atoms with E-state index < -0.39 is 17.8 Å². The first-order valence-corrected chi connectivity index (χ1v) is 6.90. The Balaban J connectivity index is 0.00000147. The summed E-state index contributed by atoms with van der Waals surface area (Å²) in [7, 11) is 0. The average Bonchev–Trinajstić information content (AvgIpc) is 2.92. The van der Waals surface area contributed by atoms with Crippen LogP contribution in [0.2, 0.25) is 0 Å². The summed E-state index contributed by atoms with van der Waals surface area (Å²) in [6, 6.07) is 0. The van der Waals surface area contributed by atoms with Gasteiger partial charge < -0.3 is 15.2 Å². The molecule has 0 aromatic heterocycles. The number of allylic oxidation sites excluding steroid dienone is 3. The van der Waals surface area contributed by atoms with Crippen molar-refractivity contribution in [1.29, 1.82) is 0 Å². The Kier molecular flexibility index (Phi) is 4.77. The zero-order valence-corrected chi connectivity index (χ0v) is 13.8. The molecule has 1 amide bonds. The molecule has 0 aliphatic heterocycles.